The lowest BCUT2D eigenvalue weighted by Crippen LogP contribution is -2.38. The highest BCUT2D eigenvalue weighted by Crippen LogP contribution is 2.50. The van der Waals surface area contributed by atoms with E-state index >= 15 is 0 Å². The number of carbonyl (C=O) groups is 2. The van der Waals surface area contributed by atoms with Gasteiger partial charge in [0.05, 0.1) is 22.3 Å². The number of nitrogens with one attached hydrogen (secondary N) is 1. The van der Waals surface area contributed by atoms with Crippen LogP contribution in [0.3, 0.4) is 0 Å². The predicted octanol–water partition coefficient (Wildman–Crippen LogP) is 9.40. The van der Waals surface area contributed by atoms with E-state index in [4.69, 9.17) is 0 Å². The van der Waals surface area contributed by atoms with Crippen molar-refractivity contribution in [2.75, 3.05) is 10.2 Å². The number of halogens is 1. The topological polar surface area (TPSA) is 69.6 Å². The van der Waals surface area contributed by atoms with Crippen LogP contribution in [0.15, 0.2) is 89.4 Å². The van der Waals surface area contributed by atoms with E-state index in [1.807, 2.05) is 53.9 Å². The van der Waals surface area contributed by atoms with Crippen LogP contribution in [0, 0.1) is 5.82 Å². The summed E-state index contributed by atoms with van der Waals surface area (Å²) in [5.74, 6) is -0.493. The first-order valence-electron chi connectivity index (χ1n) is 15.4. The lowest BCUT2D eigenvalue weighted by Gasteiger charge is -2.37. The van der Waals surface area contributed by atoms with Gasteiger partial charge in [-0.2, -0.15) is 0 Å². The second-order valence-corrected chi connectivity index (χ2v) is 15.1. The number of rotatable bonds is 3. The van der Waals surface area contributed by atoms with Gasteiger partial charge in [-0.05, 0) is 93.3 Å². The molecule has 0 unspecified atom stereocenters. The zero-order chi connectivity index (χ0) is 32.3. The molecule has 6 rings (SSSR count). The number of nitrogens with zero attached hydrogens (tertiary/aromatic N) is 1. The number of aromatic hydroxyl groups is 1. The van der Waals surface area contributed by atoms with Crippen molar-refractivity contribution in [2.45, 2.75) is 77.2 Å². The van der Waals surface area contributed by atoms with Gasteiger partial charge in [0.1, 0.15) is 11.6 Å². The van der Waals surface area contributed by atoms with Crippen LogP contribution < -0.4 is 10.2 Å². The number of allylic oxidation sites excluding steroid dienone is 1. The van der Waals surface area contributed by atoms with Crippen molar-refractivity contribution in [1.82, 2.24) is 0 Å². The molecule has 0 bridgehead atoms. The van der Waals surface area contributed by atoms with E-state index in [1.165, 1.54) is 23.5 Å². The first-order valence-corrected chi connectivity index (χ1v) is 16.2. The molecule has 2 atom stereocenters. The standard InChI is InChI=1S/C38H39FN2O3S/c1-37(2,3)26-18-24(19-27(35(26)43)38(4,5)6)34-33-29(20-23(21-31(33)42)22-13-15-25(39)16-14-22)40-28-10-7-8-11-30(28)41(34)36(44)32-12-9-17-45-32/h7-19,23,34,40,43H,20-21H2,1-6H3/t23-,34+/m1/s1. The van der Waals surface area contributed by atoms with Gasteiger partial charge >= 0.3 is 0 Å². The molecule has 0 saturated heterocycles. The van der Waals surface area contributed by atoms with Gasteiger partial charge in [0.2, 0.25) is 0 Å². The molecule has 0 radical (unpaired) electrons. The molecule has 5 nitrogen and oxygen atoms in total. The third-order valence-corrected chi connectivity index (χ3v) is 9.70. The molecule has 3 aromatic carbocycles. The number of ketones is 1. The van der Waals surface area contributed by atoms with Crippen LogP contribution >= 0.6 is 11.3 Å². The Morgan fingerprint density at radius 2 is 1.53 bits per heavy atom. The van der Waals surface area contributed by atoms with Crippen LogP contribution in [0.4, 0.5) is 15.8 Å². The second-order valence-electron chi connectivity index (χ2n) is 14.1. The Morgan fingerprint density at radius 1 is 0.889 bits per heavy atom. The number of carbonyl (C=O) groups excluding carboxylic acids is 2. The van der Waals surface area contributed by atoms with Crippen LogP contribution in [0.1, 0.15) is 98.3 Å². The number of Topliss-reactive ketones (excluding diaryl/α,β-unsaturated/α-hetero) is 1. The molecule has 1 aliphatic heterocycles. The summed E-state index contributed by atoms with van der Waals surface area (Å²) in [6, 6.07) is 20.9. The summed E-state index contributed by atoms with van der Waals surface area (Å²) in [7, 11) is 0. The van der Waals surface area contributed by atoms with Crippen molar-refractivity contribution >= 4 is 34.4 Å². The van der Waals surface area contributed by atoms with Gasteiger partial charge in [0.15, 0.2) is 5.78 Å². The molecule has 232 valence electrons. The number of phenolic OH excluding ortho intramolecular Hbond substituents is 1. The van der Waals surface area contributed by atoms with Gasteiger partial charge in [-0.15, -0.1) is 11.3 Å². The normalized spacial score (nSPS) is 18.6. The number of amides is 1. The van der Waals surface area contributed by atoms with E-state index in [2.05, 4.69) is 46.9 Å². The van der Waals surface area contributed by atoms with Crippen molar-refractivity contribution in [1.29, 1.82) is 0 Å². The summed E-state index contributed by atoms with van der Waals surface area (Å²) in [5.41, 5.74) is 5.06. The highest BCUT2D eigenvalue weighted by molar-refractivity contribution is 7.12. The van der Waals surface area contributed by atoms with E-state index in [1.54, 1.807) is 17.0 Å². The fraction of sp³-hybridized carbons (Fsp3) is 0.316. The monoisotopic (exact) mass is 622 g/mol. The minimum absolute atomic E-state index is 0.0671. The molecule has 2 aliphatic rings. The third-order valence-electron chi connectivity index (χ3n) is 8.84. The molecule has 2 N–H and O–H groups in total. The first-order chi connectivity index (χ1) is 21.2. The molecule has 2 heterocycles. The minimum Gasteiger partial charge on any atom is -0.507 e. The van der Waals surface area contributed by atoms with Crippen LogP contribution in [0.25, 0.3) is 0 Å². The molecule has 7 heteroatoms. The number of phenols is 1. The molecule has 1 amide bonds. The van der Waals surface area contributed by atoms with Crippen molar-refractivity contribution < 1.29 is 19.1 Å². The van der Waals surface area contributed by atoms with Crippen molar-refractivity contribution in [2.24, 2.45) is 0 Å². The number of thiophene rings is 1. The van der Waals surface area contributed by atoms with E-state index in [-0.39, 0.29) is 35.6 Å². The van der Waals surface area contributed by atoms with E-state index < -0.39 is 16.9 Å². The quantitative estimate of drug-likeness (QED) is 0.239. The van der Waals surface area contributed by atoms with Gasteiger partial charge < -0.3 is 10.4 Å². The van der Waals surface area contributed by atoms with E-state index in [0.717, 1.165) is 33.6 Å². The number of fused-ring (bicyclic) bond motifs is 1. The van der Waals surface area contributed by atoms with Gasteiger partial charge in [-0.25, -0.2) is 4.39 Å². The highest BCUT2D eigenvalue weighted by Gasteiger charge is 2.43. The summed E-state index contributed by atoms with van der Waals surface area (Å²) < 4.78 is 13.8. The number of hydrogen-bond acceptors (Lipinski definition) is 5. The van der Waals surface area contributed by atoms with E-state index in [0.29, 0.717) is 22.6 Å². The summed E-state index contributed by atoms with van der Waals surface area (Å²) in [6.07, 6.45) is 0.755. The average molecular weight is 623 g/mol. The van der Waals surface area contributed by atoms with Crippen molar-refractivity contribution in [3.63, 3.8) is 0 Å². The molecular formula is C38H39FN2O3S. The second kappa shape index (κ2) is 11.3. The summed E-state index contributed by atoms with van der Waals surface area (Å²) >= 11 is 1.37. The Balaban J connectivity index is 1.65. The molecule has 1 aromatic heterocycles. The Hall–Kier alpha value is -4.23. The van der Waals surface area contributed by atoms with E-state index in [9.17, 15) is 19.1 Å². The van der Waals surface area contributed by atoms with Gasteiger partial charge in [0, 0.05) is 17.7 Å². The van der Waals surface area contributed by atoms with Crippen LogP contribution in [0.5, 0.6) is 5.75 Å². The number of para-hydroxylation sites is 2. The fourth-order valence-electron chi connectivity index (χ4n) is 6.58. The largest absolute Gasteiger partial charge is 0.507 e. The first kappa shape index (κ1) is 30.8. The molecule has 0 fully saturated rings. The number of anilines is 2. The molecule has 1 aliphatic carbocycles. The maximum atomic E-state index is 14.6. The molecule has 0 spiro atoms. The smallest absolute Gasteiger partial charge is 0.269 e. The lowest BCUT2D eigenvalue weighted by molar-refractivity contribution is -0.116. The van der Waals surface area contributed by atoms with Crippen LogP contribution in [-0.4, -0.2) is 16.8 Å². The lowest BCUT2D eigenvalue weighted by atomic mass is 9.74. The summed E-state index contributed by atoms with van der Waals surface area (Å²) in [4.78, 5) is 31.4. The maximum absolute atomic E-state index is 14.6. The Labute approximate surface area is 268 Å². The third kappa shape index (κ3) is 5.70. The minimum atomic E-state index is -0.754. The Morgan fingerprint density at radius 3 is 2.13 bits per heavy atom. The Kier molecular flexibility index (Phi) is 7.72. The average Bonchev–Trinajstić information content (AvgIpc) is 3.46. The molecule has 45 heavy (non-hydrogen) atoms. The SMILES string of the molecule is CC(C)(C)c1cc([C@H]2C3=C(C[C@@H](c4ccc(F)cc4)CC3=O)Nc3ccccc3N2C(=O)c2cccs2)cc(C(C)(C)C)c1O. The number of hydrogen-bond donors (Lipinski definition) is 2. The predicted molar refractivity (Wildman–Crippen MR) is 180 cm³/mol. The zero-order valence-corrected chi connectivity index (χ0v) is 27.4. The summed E-state index contributed by atoms with van der Waals surface area (Å²) in [5, 5.41) is 17.0. The fourth-order valence-corrected chi connectivity index (χ4v) is 7.24. The van der Waals surface area contributed by atoms with Crippen molar-refractivity contribution in [3.05, 3.63) is 122 Å². The Bertz CT molecular complexity index is 1780. The molecular weight excluding hydrogens is 583 g/mol. The maximum Gasteiger partial charge on any atom is 0.269 e. The van der Waals surface area contributed by atoms with Gasteiger partial charge in [-0.3, -0.25) is 14.5 Å². The van der Waals surface area contributed by atoms with Crippen LogP contribution in [-0.2, 0) is 15.6 Å². The zero-order valence-electron chi connectivity index (χ0n) is 26.6. The van der Waals surface area contributed by atoms with Crippen LogP contribution in [0.2, 0.25) is 0 Å². The highest BCUT2D eigenvalue weighted by atomic mass is 32.1. The van der Waals surface area contributed by atoms with Gasteiger partial charge in [0.25, 0.3) is 5.91 Å². The molecule has 0 saturated carbocycles. The van der Waals surface area contributed by atoms with Crippen molar-refractivity contribution in [3.8, 4) is 5.75 Å². The molecule has 4 aromatic rings. The van der Waals surface area contributed by atoms with Gasteiger partial charge in [-0.1, -0.05) is 71.9 Å². The summed E-state index contributed by atoms with van der Waals surface area (Å²) in [6.45, 7) is 12.3. The number of benzene rings is 3.